The molecule has 6 heteroatoms. The number of carbonyl (C=O) groups is 2. The molecule has 3 N–H and O–H groups in total. The van der Waals surface area contributed by atoms with Crippen LogP contribution in [0.25, 0.3) is 0 Å². The number of nitrogens with two attached hydrogens (primary N) is 1. The Morgan fingerprint density at radius 1 is 1.19 bits per heavy atom. The summed E-state index contributed by atoms with van der Waals surface area (Å²) in [5.74, 6) is 0.291. The van der Waals surface area contributed by atoms with Gasteiger partial charge in [0.2, 0.25) is 11.8 Å². The van der Waals surface area contributed by atoms with E-state index in [1.54, 1.807) is 24.3 Å². The first-order chi connectivity index (χ1) is 12.5. The molecule has 3 rings (SSSR count). The number of benzene rings is 1. The molecule has 0 aromatic heterocycles. The maximum absolute atomic E-state index is 12.8. The Bertz CT molecular complexity index is 638. The maximum Gasteiger partial charge on any atom is 0.248 e. The first kappa shape index (κ1) is 18.7. The number of primary amides is 1. The van der Waals surface area contributed by atoms with Crippen LogP contribution in [0.2, 0.25) is 0 Å². The smallest absolute Gasteiger partial charge is 0.248 e. The third-order valence-electron chi connectivity index (χ3n) is 5.55. The van der Waals surface area contributed by atoms with E-state index < -0.39 is 5.91 Å². The van der Waals surface area contributed by atoms with Gasteiger partial charge in [-0.25, -0.2) is 0 Å². The van der Waals surface area contributed by atoms with Crippen LogP contribution in [0.4, 0.5) is 0 Å². The Morgan fingerprint density at radius 2 is 1.88 bits per heavy atom. The highest BCUT2D eigenvalue weighted by atomic mass is 16.5. The van der Waals surface area contributed by atoms with E-state index in [-0.39, 0.29) is 23.5 Å². The molecule has 2 unspecified atom stereocenters. The van der Waals surface area contributed by atoms with Crippen molar-refractivity contribution < 1.29 is 19.1 Å². The van der Waals surface area contributed by atoms with E-state index in [0.29, 0.717) is 24.5 Å². The van der Waals surface area contributed by atoms with Gasteiger partial charge in [0.05, 0.1) is 12.6 Å². The van der Waals surface area contributed by atoms with Crippen molar-refractivity contribution in [1.82, 2.24) is 5.32 Å². The van der Waals surface area contributed by atoms with E-state index in [2.05, 4.69) is 12.2 Å². The fourth-order valence-electron chi connectivity index (χ4n) is 3.77. The summed E-state index contributed by atoms with van der Waals surface area (Å²) in [6.07, 6.45) is 5.82. The summed E-state index contributed by atoms with van der Waals surface area (Å²) in [7, 11) is 0. The Kier molecular flexibility index (Phi) is 5.81. The third-order valence-corrected chi connectivity index (χ3v) is 5.55. The molecule has 26 heavy (non-hydrogen) atoms. The summed E-state index contributed by atoms with van der Waals surface area (Å²) in [6, 6.07) is 6.63. The predicted octanol–water partition coefficient (Wildman–Crippen LogP) is 2.41. The van der Waals surface area contributed by atoms with Crippen LogP contribution < -0.4 is 15.8 Å². The molecule has 1 aliphatic heterocycles. The zero-order valence-electron chi connectivity index (χ0n) is 15.3. The molecular formula is C20H28N2O4. The van der Waals surface area contributed by atoms with Crippen LogP contribution in [0.15, 0.2) is 24.3 Å². The minimum atomic E-state index is -0.469. The van der Waals surface area contributed by atoms with Gasteiger partial charge in [-0.1, -0.05) is 26.2 Å². The van der Waals surface area contributed by atoms with E-state index in [1.807, 2.05) is 0 Å². The molecule has 2 amide bonds. The number of ether oxygens (including phenoxy) is 2. The molecule has 2 fully saturated rings. The van der Waals surface area contributed by atoms with Crippen molar-refractivity contribution in [2.75, 3.05) is 13.2 Å². The summed E-state index contributed by atoms with van der Waals surface area (Å²) < 4.78 is 11.6. The van der Waals surface area contributed by atoms with Gasteiger partial charge in [-0.15, -0.1) is 0 Å². The molecule has 1 aromatic rings. The molecule has 1 heterocycles. The van der Waals surface area contributed by atoms with Gasteiger partial charge < -0.3 is 20.5 Å². The molecule has 1 aliphatic carbocycles. The summed E-state index contributed by atoms with van der Waals surface area (Å²) in [6.45, 7) is 3.11. The fraction of sp³-hybridized carbons (Fsp3) is 0.600. The summed E-state index contributed by atoms with van der Waals surface area (Å²) in [5, 5.41) is 3.21. The fourth-order valence-corrected chi connectivity index (χ4v) is 3.77. The molecule has 2 atom stereocenters. The van der Waals surface area contributed by atoms with Crippen molar-refractivity contribution in [2.45, 2.75) is 57.6 Å². The quantitative estimate of drug-likeness (QED) is 0.844. The van der Waals surface area contributed by atoms with Gasteiger partial charge in [-0.2, -0.15) is 0 Å². The van der Waals surface area contributed by atoms with Crippen LogP contribution in [-0.2, 0) is 9.53 Å². The first-order valence-electron chi connectivity index (χ1n) is 9.43. The first-order valence-corrected chi connectivity index (χ1v) is 9.43. The van der Waals surface area contributed by atoms with Crippen molar-refractivity contribution in [3.63, 3.8) is 0 Å². The molecule has 1 aromatic carbocycles. The molecule has 6 nitrogen and oxygen atoms in total. The predicted molar refractivity (Wildman–Crippen MR) is 97.9 cm³/mol. The Morgan fingerprint density at radius 3 is 2.54 bits per heavy atom. The Hall–Kier alpha value is -2.08. The van der Waals surface area contributed by atoms with Crippen LogP contribution in [0.1, 0.15) is 55.8 Å². The minimum Gasteiger partial charge on any atom is -0.486 e. The highest BCUT2D eigenvalue weighted by molar-refractivity contribution is 5.92. The zero-order chi connectivity index (χ0) is 18.6. The normalized spacial score (nSPS) is 25.3. The van der Waals surface area contributed by atoms with E-state index >= 15 is 0 Å². The summed E-state index contributed by atoms with van der Waals surface area (Å²) in [5.41, 5.74) is 5.42. The standard InChI is InChI=1S/C20H28N2O4/c1-20(10-3-2-4-11-20)19(24)22-16-9-12-25-13-17(16)26-15-7-5-14(6-8-15)18(21)23/h5-8,16-17H,2-4,9-13H2,1H3,(H2,21,23)(H,22,24). The second-order valence-electron chi connectivity index (χ2n) is 7.61. The molecular weight excluding hydrogens is 332 g/mol. The van der Waals surface area contributed by atoms with Crippen LogP contribution in [0, 0.1) is 5.41 Å². The lowest BCUT2D eigenvalue weighted by Crippen LogP contribution is -2.54. The third kappa shape index (κ3) is 4.36. The van der Waals surface area contributed by atoms with Crippen molar-refractivity contribution in [3.8, 4) is 5.75 Å². The lowest BCUT2D eigenvalue weighted by Gasteiger charge is -2.37. The van der Waals surface area contributed by atoms with E-state index in [4.69, 9.17) is 15.2 Å². The highest BCUT2D eigenvalue weighted by Crippen LogP contribution is 2.36. The topological polar surface area (TPSA) is 90.7 Å². The van der Waals surface area contributed by atoms with Crippen molar-refractivity contribution >= 4 is 11.8 Å². The number of nitrogens with one attached hydrogen (secondary N) is 1. The second kappa shape index (κ2) is 8.08. The average molecular weight is 360 g/mol. The molecule has 0 radical (unpaired) electrons. The molecule has 1 saturated carbocycles. The summed E-state index contributed by atoms with van der Waals surface area (Å²) in [4.78, 5) is 24.0. The van der Waals surface area contributed by atoms with Crippen LogP contribution in [0.3, 0.4) is 0 Å². The lowest BCUT2D eigenvalue weighted by atomic mass is 9.75. The molecule has 2 aliphatic rings. The largest absolute Gasteiger partial charge is 0.486 e. The van der Waals surface area contributed by atoms with E-state index in [9.17, 15) is 9.59 Å². The van der Waals surface area contributed by atoms with E-state index in [0.717, 1.165) is 32.1 Å². The van der Waals surface area contributed by atoms with Crippen LogP contribution in [-0.4, -0.2) is 37.2 Å². The second-order valence-corrected chi connectivity index (χ2v) is 7.61. The van der Waals surface area contributed by atoms with Crippen LogP contribution in [0.5, 0.6) is 5.75 Å². The number of hydrogen-bond acceptors (Lipinski definition) is 4. The van der Waals surface area contributed by atoms with Crippen molar-refractivity contribution in [1.29, 1.82) is 0 Å². The van der Waals surface area contributed by atoms with Gasteiger partial charge in [0, 0.05) is 17.6 Å². The van der Waals surface area contributed by atoms with Crippen molar-refractivity contribution in [3.05, 3.63) is 29.8 Å². The Balaban J connectivity index is 1.63. The van der Waals surface area contributed by atoms with Gasteiger partial charge in [-0.3, -0.25) is 9.59 Å². The van der Waals surface area contributed by atoms with Gasteiger partial charge in [-0.05, 0) is 43.5 Å². The molecule has 0 spiro atoms. The SMILES string of the molecule is CC1(C(=O)NC2CCOCC2Oc2ccc(C(N)=O)cc2)CCCCC1. The monoisotopic (exact) mass is 360 g/mol. The minimum absolute atomic E-state index is 0.0779. The number of rotatable bonds is 5. The number of carbonyl (C=O) groups excluding carboxylic acids is 2. The van der Waals surface area contributed by atoms with Crippen LogP contribution >= 0.6 is 0 Å². The maximum atomic E-state index is 12.8. The number of hydrogen-bond donors (Lipinski definition) is 2. The average Bonchev–Trinajstić information content (AvgIpc) is 2.64. The van der Waals surface area contributed by atoms with Crippen molar-refractivity contribution in [2.24, 2.45) is 11.1 Å². The molecule has 1 saturated heterocycles. The molecule has 142 valence electrons. The Labute approximate surface area is 154 Å². The van der Waals surface area contributed by atoms with E-state index in [1.165, 1.54) is 6.42 Å². The van der Waals surface area contributed by atoms with Gasteiger partial charge in [0.15, 0.2) is 0 Å². The van der Waals surface area contributed by atoms with Gasteiger partial charge in [0.1, 0.15) is 11.9 Å². The lowest BCUT2D eigenvalue weighted by molar-refractivity contribution is -0.134. The molecule has 0 bridgehead atoms. The number of amides is 2. The zero-order valence-corrected chi connectivity index (χ0v) is 15.3. The summed E-state index contributed by atoms with van der Waals surface area (Å²) >= 11 is 0. The van der Waals surface area contributed by atoms with Gasteiger partial charge in [0.25, 0.3) is 0 Å². The van der Waals surface area contributed by atoms with Gasteiger partial charge >= 0.3 is 0 Å². The highest BCUT2D eigenvalue weighted by Gasteiger charge is 2.38.